The van der Waals surface area contributed by atoms with Gasteiger partial charge in [-0.25, -0.2) is 0 Å². The molecule has 0 fully saturated rings. The Kier molecular flexibility index (Phi) is 9.58. The van der Waals surface area contributed by atoms with Gasteiger partial charge in [0.05, 0.1) is 19.3 Å². The van der Waals surface area contributed by atoms with Crippen LogP contribution in [0.2, 0.25) is 0 Å². The number of hydrogen-bond donors (Lipinski definition) is 0. The summed E-state index contributed by atoms with van der Waals surface area (Å²) in [6.07, 6.45) is 6.85. The first-order valence-electron chi connectivity index (χ1n) is 8.64. The summed E-state index contributed by atoms with van der Waals surface area (Å²) in [5, 5.41) is 0. The molecular weight excluding hydrogens is 306 g/mol. The van der Waals surface area contributed by atoms with Crippen molar-refractivity contribution >= 4 is 11.9 Å². The van der Waals surface area contributed by atoms with Crippen molar-refractivity contribution in [2.75, 3.05) is 27.3 Å². The molecule has 0 N–H and O–H groups in total. The van der Waals surface area contributed by atoms with E-state index in [0.717, 1.165) is 12.8 Å². The van der Waals surface area contributed by atoms with Gasteiger partial charge in [-0.15, -0.1) is 0 Å². The Labute approximate surface area is 144 Å². The molecule has 0 radical (unpaired) electrons. The zero-order valence-corrected chi connectivity index (χ0v) is 15.0. The molecule has 0 spiro atoms. The number of carbonyl (C=O) groups excluding carboxylic acids is 2. The minimum absolute atomic E-state index is 0.0628. The maximum absolute atomic E-state index is 12.4. The number of ether oxygens (including phenoxy) is 2. The molecule has 0 aliphatic rings. The summed E-state index contributed by atoms with van der Waals surface area (Å²) in [7, 11) is 3.10. The van der Waals surface area contributed by atoms with Gasteiger partial charge in [-0.3, -0.25) is 9.59 Å². The van der Waals surface area contributed by atoms with Crippen LogP contribution in [0.1, 0.15) is 55.8 Å². The number of carbonyl (C=O) groups is 2. The van der Waals surface area contributed by atoms with Gasteiger partial charge in [0.25, 0.3) is 5.91 Å². The Bertz CT molecular complexity index is 516. The SMILES string of the molecule is CCCCCCCCOC(=O)CN(C)C(=O)c1ccccc1OC. The molecule has 134 valence electrons. The zero-order chi connectivity index (χ0) is 17.8. The Morgan fingerprint density at radius 1 is 1.04 bits per heavy atom. The number of rotatable bonds is 11. The summed E-state index contributed by atoms with van der Waals surface area (Å²) >= 11 is 0. The molecule has 0 atom stereocenters. The molecule has 0 aliphatic carbocycles. The smallest absolute Gasteiger partial charge is 0.325 e. The van der Waals surface area contributed by atoms with Crippen molar-refractivity contribution in [1.29, 1.82) is 0 Å². The lowest BCUT2D eigenvalue weighted by Crippen LogP contribution is -2.33. The predicted molar refractivity (Wildman–Crippen MR) is 94.3 cm³/mol. The van der Waals surface area contributed by atoms with Crippen LogP contribution in [-0.2, 0) is 9.53 Å². The van der Waals surface area contributed by atoms with Gasteiger partial charge in [0.2, 0.25) is 0 Å². The van der Waals surface area contributed by atoms with Gasteiger partial charge in [-0.1, -0.05) is 51.2 Å². The fraction of sp³-hybridized carbons (Fsp3) is 0.579. The van der Waals surface area contributed by atoms with Gasteiger partial charge in [-0.2, -0.15) is 0 Å². The minimum Gasteiger partial charge on any atom is -0.496 e. The van der Waals surface area contributed by atoms with Crippen LogP contribution in [0.5, 0.6) is 5.75 Å². The van der Waals surface area contributed by atoms with E-state index in [0.29, 0.717) is 17.9 Å². The second kappa shape index (κ2) is 11.5. The van der Waals surface area contributed by atoms with Crippen LogP contribution in [-0.4, -0.2) is 44.1 Å². The molecule has 0 saturated heterocycles. The van der Waals surface area contributed by atoms with E-state index in [1.54, 1.807) is 31.3 Å². The fourth-order valence-corrected chi connectivity index (χ4v) is 2.41. The van der Waals surface area contributed by atoms with Crippen LogP contribution in [0.25, 0.3) is 0 Å². The number of unbranched alkanes of at least 4 members (excludes halogenated alkanes) is 5. The number of esters is 1. The third-order valence-corrected chi connectivity index (χ3v) is 3.81. The first-order chi connectivity index (χ1) is 11.6. The Hall–Kier alpha value is -2.04. The molecule has 24 heavy (non-hydrogen) atoms. The third kappa shape index (κ3) is 7.02. The van der Waals surface area contributed by atoms with Crippen LogP contribution in [0, 0.1) is 0 Å². The van der Waals surface area contributed by atoms with E-state index in [1.807, 2.05) is 0 Å². The molecule has 0 aromatic heterocycles. The molecule has 0 unspecified atom stereocenters. The van der Waals surface area contributed by atoms with Gasteiger partial charge in [-0.05, 0) is 18.6 Å². The molecule has 1 rings (SSSR count). The second-order valence-corrected chi connectivity index (χ2v) is 5.85. The maximum Gasteiger partial charge on any atom is 0.325 e. The van der Waals surface area contributed by atoms with Gasteiger partial charge < -0.3 is 14.4 Å². The van der Waals surface area contributed by atoms with Crippen molar-refractivity contribution in [2.45, 2.75) is 45.4 Å². The molecular formula is C19H29NO4. The fourth-order valence-electron chi connectivity index (χ4n) is 2.41. The van der Waals surface area contributed by atoms with E-state index >= 15 is 0 Å². The quantitative estimate of drug-likeness (QED) is 0.457. The molecule has 1 amide bonds. The topological polar surface area (TPSA) is 55.8 Å². The Morgan fingerprint density at radius 3 is 2.42 bits per heavy atom. The molecule has 5 nitrogen and oxygen atoms in total. The molecule has 5 heteroatoms. The van der Waals surface area contributed by atoms with Crippen molar-refractivity contribution < 1.29 is 19.1 Å². The van der Waals surface area contributed by atoms with Crippen molar-refractivity contribution in [3.63, 3.8) is 0 Å². The monoisotopic (exact) mass is 335 g/mol. The van der Waals surface area contributed by atoms with Crippen LogP contribution < -0.4 is 4.74 Å². The number of nitrogens with zero attached hydrogens (tertiary/aromatic N) is 1. The second-order valence-electron chi connectivity index (χ2n) is 5.85. The van der Waals surface area contributed by atoms with E-state index in [9.17, 15) is 9.59 Å². The largest absolute Gasteiger partial charge is 0.496 e. The van der Waals surface area contributed by atoms with Crippen LogP contribution in [0.4, 0.5) is 0 Å². The third-order valence-electron chi connectivity index (χ3n) is 3.81. The molecule has 0 saturated carbocycles. The highest BCUT2D eigenvalue weighted by Crippen LogP contribution is 2.18. The summed E-state index contributed by atoms with van der Waals surface area (Å²) in [5.41, 5.74) is 0.436. The standard InChI is InChI=1S/C19H29NO4/c1-4-5-6-7-8-11-14-24-18(21)15-20(2)19(22)16-12-9-10-13-17(16)23-3/h9-10,12-13H,4-8,11,14-15H2,1-3H3. The number of amides is 1. The summed E-state index contributed by atoms with van der Waals surface area (Å²) in [4.78, 5) is 25.6. The number of benzene rings is 1. The summed E-state index contributed by atoms with van der Waals surface area (Å²) < 4.78 is 10.4. The predicted octanol–water partition coefficient (Wildman–Crippen LogP) is 3.67. The summed E-state index contributed by atoms with van der Waals surface area (Å²) in [6.45, 7) is 2.54. The lowest BCUT2D eigenvalue weighted by molar-refractivity contribution is -0.144. The van der Waals surface area contributed by atoms with E-state index in [1.165, 1.54) is 37.7 Å². The molecule has 0 bridgehead atoms. The highest BCUT2D eigenvalue weighted by molar-refractivity contribution is 5.98. The van der Waals surface area contributed by atoms with Crippen molar-refractivity contribution in [1.82, 2.24) is 4.90 Å². The lowest BCUT2D eigenvalue weighted by Gasteiger charge is -2.17. The van der Waals surface area contributed by atoms with E-state index in [2.05, 4.69) is 6.92 Å². The molecule has 0 aliphatic heterocycles. The van der Waals surface area contributed by atoms with Crippen molar-refractivity contribution in [2.24, 2.45) is 0 Å². The molecule has 1 aromatic carbocycles. The van der Waals surface area contributed by atoms with Crippen LogP contribution in [0.15, 0.2) is 24.3 Å². The zero-order valence-electron chi connectivity index (χ0n) is 15.0. The number of likely N-dealkylation sites (N-methyl/N-ethyl adjacent to an activating group) is 1. The van der Waals surface area contributed by atoms with E-state index in [-0.39, 0.29) is 18.4 Å². The number of para-hydroxylation sites is 1. The average molecular weight is 335 g/mol. The van der Waals surface area contributed by atoms with E-state index < -0.39 is 0 Å². The highest BCUT2D eigenvalue weighted by atomic mass is 16.5. The molecule has 0 heterocycles. The Balaban J connectivity index is 2.32. The normalized spacial score (nSPS) is 10.3. The van der Waals surface area contributed by atoms with Gasteiger partial charge >= 0.3 is 5.97 Å². The summed E-state index contributed by atoms with van der Waals surface area (Å²) in [5.74, 6) is -0.145. The molecule has 1 aromatic rings. The average Bonchev–Trinajstić information content (AvgIpc) is 2.60. The highest BCUT2D eigenvalue weighted by Gasteiger charge is 2.18. The minimum atomic E-state index is -0.380. The van der Waals surface area contributed by atoms with Crippen molar-refractivity contribution in [3.05, 3.63) is 29.8 Å². The lowest BCUT2D eigenvalue weighted by atomic mass is 10.1. The van der Waals surface area contributed by atoms with Gasteiger partial charge in [0, 0.05) is 7.05 Å². The van der Waals surface area contributed by atoms with Crippen molar-refractivity contribution in [3.8, 4) is 5.75 Å². The van der Waals surface area contributed by atoms with Crippen LogP contribution in [0.3, 0.4) is 0 Å². The first-order valence-corrected chi connectivity index (χ1v) is 8.64. The van der Waals surface area contributed by atoms with Gasteiger partial charge in [0.15, 0.2) is 0 Å². The number of methoxy groups -OCH3 is 1. The maximum atomic E-state index is 12.4. The van der Waals surface area contributed by atoms with Gasteiger partial charge in [0.1, 0.15) is 12.3 Å². The van der Waals surface area contributed by atoms with E-state index in [4.69, 9.17) is 9.47 Å². The summed E-state index contributed by atoms with van der Waals surface area (Å²) in [6, 6.07) is 6.96. The Morgan fingerprint density at radius 2 is 1.71 bits per heavy atom. The van der Waals surface area contributed by atoms with Crippen LogP contribution >= 0.6 is 0 Å². The first kappa shape index (κ1) is 20.0. The number of hydrogen-bond acceptors (Lipinski definition) is 4.